The molecule has 0 unspecified atom stereocenters. The van der Waals surface area contributed by atoms with Gasteiger partial charge in [0.1, 0.15) is 6.61 Å². The van der Waals surface area contributed by atoms with Gasteiger partial charge in [0, 0.05) is 28.4 Å². The Morgan fingerprint density at radius 1 is 1.19 bits per heavy atom. The van der Waals surface area contributed by atoms with Crippen molar-refractivity contribution in [2.75, 3.05) is 18.5 Å². The van der Waals surface area contributed by atoms with E-state index in [-0.39, 0.29) is 18.4 Å². The number of amides is 3. The van der Waals surface area contributed by atoms with Gasteiger partial charge < -0.3 is 4.74 Å². The Labute approximate surface area is 151 Å². The van der Waals surface area contributed by atoms with Crippen LogP contribution in [-0.4, -0.2) is 36.0 Å². The first-order valence-corrected chi connectivity index (χ1v) is 8.55. The molecule has 0 aromatic heterocycles. The van der Waals surface area contributed by atoms with E-state index in [1.54, 1.807) is 30.3 Å². The third kappa shape index (κ3) is 3.06. The van der Waals surface area contributed by atoms with Gasteiger partial charge in [-0.2, -0.15) is 0 Å². The van der Waals surface area contributed by atoms with E-state index in [0.29, 0.717) is 34.1 Å². The van der Waals surface area contributed by atoms with E-state index in [1.165, 1.54) is 11.0 Å². The number of unbranched alkanes of at least 4 members (excludes halogenated alkanes) is 1. The molecule has 1 N–H and O–H groups in total. The summed E-state index contributed by atoms with van der Waals surface area (Å²) < 4.78 is 4.94. The van der Waals surface area contributed by atoms with Gasteiger partial charge in [0.2, 0.25) is 0 Å². The molecule has 3 rings (SSSR count). The van der Waals surface area contributed by atoms with Crippen LogP contribution < -0.4 is 5.32 Å². The summed E-state index contributed by atoms with van der Waals surface area (Å²) in [7, 11) is 0. The summed E-state index contributed by atoms with van der Waals surface area (Å²) in [5, 5.41) is 3.85. The van der Waals surface area contributed by atoms with Crippen LogP contribution in [0.4, 0.5) is 10.5 Å². The summed E-state index contributed by atoms with van der Waals surface area (Å²) in [6.07, 6.45) is 2.50. The van der Waals surface area contributed by atoms with Gasteiger partial charge in [-0.25, -0.2) is 4.79 Å². The van der Waals surface area contributed by atoms with Gasteiger partial charge in [0.05, 0.1) is 5.69 Å². The Bertz CT molecular complexity index is 882. The van der Waals surface area contributed by atoms with Crippen molar-refractivity contribution in [2.45, 2.75) is 19.8 Å². The van der Waals surface area contributed by atoms with Gasteiger partial charge in [-0.15, -0.1) is 0 Å². The second kappa shape index (κ2) is 7.39. The fourth-order valence-corrected chi connectivity index (χ4v) is 3.06. The number of carbonyl (C=O) groups excluding carboxylic acids is 3. The van der Waals surface area contributed by atoms with Crippen LogP contribution in [0.1, 0.15) is 40.5 Å². The van der Waals surface area contributed by atoms with Crippen LogP contribution in [-0.2, 0) is 4.74 Å². The SMILES string of the molecule is C=CCOC(=O)Nc1ccc2c3c(cccc13)C(=O)N(CCCC)C2=O. The number of nitrogens with one attached hydrogen (secondary N) is 1. The zero-order chi connectivity index (χ0) is 18.7. The molecule has 0 saturated heterocycles. The first kappa shape index (κ1) is 17.7. The molecule has 0 fully saturated rings. The largest absolute Gasteiger partial charge is 0.445 e. The zero-order valence-corrected chi connectivity index (χ0v) is 14.6. The van der Waals surface area contributed by atoms with Crippen molar-refractivity contribution in [1.82, 2.24) is 4.90 Å². The van der Waals surface area contributed by atoms with Crippen molar-refractivity contribution < 1.29 is 19.1 Å². The Kier molecular flexibility index (Phi) is 5.02. The van der Waals surface area contributed by atoms with Crippen molar-refractivity contribution >= 4 is 34.4 Å². The van der Waals surface area contributed by atoms with E-state index in [1.807, 2.05) is 6.92 Å². The molecular formula is C20H20N2O4. The topological polar surface area (TPSA) is 75.7 Å². The molecule has 0 saturated carbocycles. The van der Waals surface area contributed by atoms with Crippen LogP contribution >= 0.6 is 0 Å². The number of ether oxygens (including phenoxy) is 1. The quantitative estimate of drug-likeness (QED) is 0.630. The summed E-state index contributed by atoms with van der Waals surface area (Å²) in [6, 6.07) is 8.52. The molecule has 6 heteroatoms. The lowest BCUT2D eigenvalue weighted by molar-refractivity contribution is 0.0608. The summed E-state index contributed by atoms with van der Waals surface area (Å²) in [6.45, 7) is 6.00. The predicted molar refractivity (Wildman–Crippen MR) is 99.4 cm³/mol. The summed E-state index contributed by atoms with van der Waals surface area (Å²) in [5.74, 6) is -0.596. The number of carbonyl (C=O) groups is 3. The molecule has 0 radical (unpaired) electrons. The van der Waals surface area contributed by atoms with Gasteiger partial charge in [0.15, 0.2) is 0 Å². The highest BCUT2D eigenvalue weighted by molar-refractivity contribution is 6.27. The number of hydrogen-bond donors (Lipinski definition) is 1. The summed E-state index contributed by atoms with van der Waals surface area (Å²) in [5.41, 5.74) is 1.43. The molecule has 26 heavy (non-hydrogen) atoms. The van der Waals surface area contributed by atoms with Crippen molar-refractivity contribution in [2.24, 2.45) is 0 Å². The molecule has 134 valence electrons. The predicted octanol–water partition coefficient (Wildman–Crippen LogP) is 3.97. The number of anilines is 1. The highest BCUT2D eigenvalue weighted by atomic mass is 16.5. The molecule has 2 aromatic carbocycles. The molecule has 1 aliphatic rings. The lowest BCUT2D eigenvalue weighted by Crippen LogP contribution is -2.40. The van der Waals surface area contributed by atoms with Crippen molar-refractivity contribution in [1.29, 1.82) is 0 Å². The van der Waals surface area contributed by atoms with Gasteiger partial charge in [-0.3, -0.25) is 19.8 Å². The second-order valence-electron chi connectivity index (χ2n) is 6.02. The third-order valence-corrected chi connectivity index (χ3v) is 4.30. The molecule has 2 aromatic rings. The van der Waals surface area contributed by atoms with E-state index in [2.05, 4.69) is 11.9 Å². The maximum absolute atomic E-state index is 12.8. The number of rotatable bonds is 6. The van der Waals surface area contributed by atoms with Crippen molar-refractivity contribution in [3.05, 3.63) is 54.1 Å². The molecule has 0 atom stereocenters. The Morgan fingerprint density at radius 2 is 1.92 bits per heavy atom. The van der Waals surface area contributed by atoms with Gasteiger partial charge in [-0.1, -0.05) is 38.1 Å². The van der Waals surface area contributed by atoms with Crippen LogP contribution in [0.25, 0.3) is 10.8 Å². The van der Waals surface area contributed by atoms with Crippen molar-refractivity contribution in [3.8, 4) is 0 Å². The molecule has 6 nitrogen and oxygen atoms in total. The number of nitrogens with zero attached hydrogens (tertiary/aromatic N) is 1. The molecule has 0 bridgehead atoms. The third-order valence-electron chi connectivity index (χ3n) is 4.30. The standard InChI is InChI=1S/C20H20N2O4/c1-3-5-11-22-18(23)14-8-6-7-13-16(21-20(25)26-12-4-2)10-9-15(17(13)14)19(22)24/h4,6-10H,2-3,5,11-12H2,1H3,(H,21,25). The van der Waals surface area contributed by atoms with E-state index in [4.69, 9.17) is 4.74 Å². The molecule has 1 aliphatic heterocycles. The van der Waals surface area contributed by atoms with Gasteiger partial charge in [0.25, 0.3) is 11.8 Å². The first-order chi connectivity index (χ1) is 12.6. The Morgan fingerprint density at radius 3 is 2.62 bits per heavy atom. The average molecular weight is 352 g/mol. The minimum atomic E-state index is -0.622. The number of hydrogen-bond acceptors (Lipinski definition) is 4. The van der Waals surface area contributed by atoms with E-state index >= 15 is 0 Å². The fourth-order valence-electron chi connectivity index (χ4n) is 3.06. The summed E-state index contributed by atoms with van der Waals surface area (Å²) >= 11 is 0. The smallest absolute Gasteiger partial charge is 0.411 e. The summed E-state index contributed by atoms with van der Waals surface area (Å²) in [4.78, 5) is 38.7. The molecular weight excluding hydrogens is 332 g/mol. The second-order valence-corrected chi connectivity index (χ2v) is 6.02. The zero-order valence-electron chi connectivity index (χ0n) is 14.6. The Hall–Kier alpha value is -3.15. The minimum Gasteiger partial charge on any atom is -0.445 e. The molecule has 1 heterocycles. The lowest BCUT2D eigenvalue weighted by Gasteiger charge is -2.27. The highest BCUT2D eigenvalue weighted by Crippen LogP contribution is 2.34. The number of benzene rings is 2. The first-order valence-electron chi connectivity index (χ1n) is 8.55. The Balaban J connectivity index is 2.04. The van der Waals surface area contributed by atoms with Crippen LogP contribution in [0.2, 0.25) is 0 Å². The monoisotopic (exact) mass is 352 g/mol. The van der Waals surface area contributed by atoms with Gasteiger partial charge in [-0.05, 0) is 24.6 Å². The van der Waals surface area contributed by atoms with Crippen molar-refractivity contribution in [3.63, 3.8) is 0 Å². The average Bonchev–Trinajstić information content (AvgIpc) is 2.65. The maximum atomic E-state index is 12.8. The van der Waals surface area contributed by atoms with E-state index in [0.717, 1.165) is 12.8 Å². The lowest BCUT2D eigenvalue weighted by atomic mass is 9.93. The van der Waals surface area contributed by atoms with Crippen LogP contribution in [0.15, 0.2) is 43.0 Å². The van der Waals surface area contributed by atoms with Crippen LogP contribution in [0.5, 0.6) is 0 Å². The van der Waals surface area contributed by atoms with Gasteiger partial charge >= 0.3 is 6.09 Å². The highest BCUT2D eigenvalue weighted by Gasteiger charge is 2.32. The van der Waals surface area contributed by atoms with Crippen LogP contribution in [0.3, 0.4) is 0 Å². The van der Waals surface area contributed by atoms with Crippen LogP contribution in [0, 0.1) is 0 Å². The molecule has 3 amide bonds. The minimum absolute atomic E-state index is 0.0937. The number of imide groups is 1. The fraction of sp³-hybridized carbons (Fsp3) is 0.250. The molecule has 0 spiro atoms. The maximum Gasteiger partial charge on any atom is 0.411 e. The van der Waals surface area contributed by atoms with E-state index in [9.17, 15) is 14.4 Å². The molecule has 0 aliphatic carbocycles. The van der Waals surface area contributed by atoms with E-state index < -0.39 is 6.09 Å². The normalized spacial score (nSPS) is 13.0.